The van der Waals surface area contributed by atoms with Gasteiger partial charge in [-0.1, -0.05) is 37.3 Å². The standard InChI is InChI=1S/C22H27NO4/c1-15-14-23(10-9-20(15)16-7-5-4-6-8-16)21(22(24)25)17-11-18(26-2)13-19(12-17)27-3/h4-8,11-13,15,20-21H,9-10,14H2,1-3H3,(H,24,25). The molecule has 3 rings (SSSR count). The van der Waals surface area contributed by atoms with Crippen molar-refractivity contribution in [2.75, 3.05) is 27.3 Å². The first-order valence-corrected chi connectivity index (χ1v) is 9.28. The minimum atomic E-state index is -0.851. The second-order valence-corrected chi connectivity index (χ2v) is 7.16. The van der Waals surface area contributed by atoms with Crippen molar-refractivity contribution in [3.63, 3.8) is 0 Å². The molecule has 5 nitrogen and oxygen atoms in total. The van der Waals surface area contributed by atoms with E-state index in [-0.39, 0.29) is 0 Å². The van der Waals surface area contributed by atoms with Crippen molar-refractivity contribution in [2.45, 2.75) is 25.3 Å². The number of carbonyl (C=O) groups is 1. The molecule has 0 aliphatic carbocycles. The third kappa shape index (κ3) is 4.25. The van der Waals surface area contributed by atoms with E-state index in [1.807, 2.05) is 6.07 Å². The zero-order chi connectivity index (χ0) is 19.4. The second kappa shape index (κ2) is 8.44. The maximum atomic E-state index is 12.1. The minimum absolute atomic E-state index is 0.371. The van der Waals surface area contributed by atoms with Gasteiger partial charge in [0.2, 0.25) is 0 Å². The molecule has 5 heteroatoms. The van der Waals surface area contributed by atoms with E-state index in [2.05, 4.69) is 36.1 Å². The number of piperidine rings is 1. The van der Waals surface area contributed by atoms with Crippen LogP contribution in [0.3, 0.4) is 0 Å². The van der Waals surface area contributed by atoms with Crippen molar-refractivity contribution in [1.82, 2.24) is 4.90 Å². The lowest BCUT2D eigenvalue weighted by Gasteiger charge is -2.40. The van der Waals surface area contributed by atoms with Gasteiger partial charge < -0.3 is 14.6 Å². The summed E-state index contributed by atoms with van der Waals surface area (Å²) in [7, 11) is 3.14. The number of ether oxygens (including phenoxy) is 2. The van der Waals surface area contributed by atoms with Gasteiger partial charge in [0.1, 0.15) is 17.5 Å². The van der Waals surface area contributed by atoms with Crippen molar-refractivity contribution < 1.29 is 19.4 Å². The molecule has 0 bridgehead atoms. The van der Waals surface area contributed by atoms with Crippen LogP contribution in [0.5, 0.6) is 11.5 Å². The highest BCUT2D eigenvalue weighted by Gasteiger charge is 2.35. The third-order valence-electron chi connectivity index (χ3n) is 5.45. The molecule has 2 aromatic rings. The van der Waals surface area contributed by atoms with Crippen LogP contribution in [0.1, 0.15) is 36.4 Å². The molecule has 0 spiro atoms. The molecular weight excluding hydrogens is 342 g/mol. The fourth-order valence-corrected chi connectivity index (χ4v) is 4.10. The summed E-state index contributed by atoms with van der Waals surface area (Å²) >= 11 is 0. The molecule has 0 radical (unpaired) electrons. The van der Waals surface area contributed by atoms with Crippen LogP contribution in [0.15, 0.2) is 48.5 Å². The van der Waals surface area contributed by atoms with Gasteiger partial charge in [0, 0.05) is 12.6 Å². The average Bonchev–Trinajstić information content (AvgIpc) is 2.68. The summed E-state index contributed by atoms with van der Waals surface area (Å²) in [4.78, 5) is 14.2. The Morgan fingerprint density at radius 2 is 1.74 bits per heavy atom. The number of nitrogens with zero attached hydrogens (tertiary/aromatic N) is 1. The summed E-state index contributed by atoms with van der Waals surface area (Å²) in [6, 6.07) is 15.1. The molecule has 1 aliphatic heterocycles. The highest BCUT2D eigenvalue weighted by molar-refractivity contribution is 5.76. The first-order chi connectivity index (χ1) is 13.0. The number of hydrogen-bond acceptors (Lipinski definition) is 4. The van der Waals surface area contributed by atoms with Crippen molar-refractivity contribution in [3.05, 3.63) is 59.7 Å². The second-order valence-electron chi connectivity index (χ2n) is 7.16. The normalized spacial score (nSPS) is 21.4. The molecule has 2 aromatic carbocycles. The number of aliphatic carboxylic acids is 1. The zero-order valence-corrected chi connectivity index (χ0v) is 16.1. The highest BCUT2D eigenvalue weighted by atomic mass is 16.5. The fourth-order valence-electron chi connectivity index (χ4n) is 4.10. The predicted octanol–water partition coefficient (Wildman–Crippen LogP) is 3.96. The van der Waals surface area contributed by atoms with E-state index in [0.717, 1.165) is 19.5 Å². The predicted molar refractivity (Wildman–Crippen MR) is 104 cm³/mol. The van der Waals surface area contributed by atoms with Gasteiger partial charge in [-0.25, -0.2) is 0 Å². The van der Waals surface area contributed by atoms with Crippen LogP contribution in [-0.2, 0) is 4.79 Å². The van der Waals surface area contributed by atoms with Gasteiger partial charge in [-0.3, -0.25) is 9.69 Å². The summed E-state index contributed by atoms with van der Waals surface area (Å²) in [5.74, 6) is 1.17. The fraction of sp³-hybridized carbons (Fsp3) is 0.409. The minimum Gasteiger partial charge on any atom is -0.497 e. The van der Waals surface area contributed by atoms with E-state index in [4.69, 9.17) is 9.47 Å². The first-order valence-electron chi connectivity index (χ1n) is 9.28. The molecule has 27 heavy (non-hydrogen) atoms. The van der Waals surface area contributed by atoms with Crippen molar-refractivity contribution in [3.8, 4) is 11.5 Å². The number of methoxy groups -OCH3 is 2. The SMILES string of the molecule is COc1cc(OC)cc(C(C(=O)O)N2CCC(c3ccccc3)C(C)C2)c1. The van der Waals surface area contributed by atoms with Crippen molar-refractivity contribution in [1.29, 1.82) is 0 Å². The summed E-state index contributed by atoms with van der Waals surface area (Å²) in [5.41, 5.74) is 2.02. The number of benzene rings is 2. The molecule has 0 aromatic heterocycles. The van der Waals surface area contributed by atoms with Gasteiger partial charge in [0.25, 0.3) is 0 Å². The number of likely N-dealkylation sites (tertiary alicyclic amines) is 1. The third-order valence-corrected chi connectivity index (χ3v) is 5.45. The summed E-state index contributed by atoms with van der Waals surface area (Å²) < 4.78 is 10.6. The van der Waals surface area contributed by atoms with Crippen LogP contribution in [0.4, 0.5) is 0 Å². The molecule has 3 atom stereocenters. The van der Waals surface area contributed by atoms with Gasteiger partial charge in [-0.15, -0.1) is 0 Å². The molecule has 3 unspecified atom stereocenters. The number of rotatable bonds is 6. The Hall–Kier alpha value is -2.53. The molecule has 1 saturated heterocycles. The largest absolute Gasteiger partial charge is 0.497 e. The Morgan fingerprint density at radius 3 is 2.26 bits per heavy atom. The van der Waals surface area contributed by atoms with Gasteiger partial charge in [-0.2, -0.15) is 0 Å². The number of carboxylic acids is 1. The molecule has 1 fully saturated rings. The Morgan fingerprint density at radius 1 is 1.11 bits per heavy atom. The van der Waals surface area contributed by atoms with Crippen LogP contribution in [-0.4, -0.2) is 43.3 Å². The van der Waals surface area contributed by atoms with E-state index in [1.54, 1.807) is 32.4 Å². The van der Waals surface area contributed by atoms with Crippen molar-refractivity contribution >= 4 is 5.97 Å². The van der Waals surface area contributed by atoms with Crippen LogP contribution < -0.4 is 9.47 Å². The maximum absolute atomic E-state index is 12.1. The first kappa shape index (κ1) is 19.2. The molecule has 0 saturated carbocycles. The average molecular weight is 369 g/mol. The lowest BCUT2D eigenvalue weighted by Crippen LogP contribution is -2.43. The van der Waals surface area contributed by atoms with Gasteiger partial charge >= 0.3 is 5.97 Å². The van der Waals surface area contributed by atoms with Crippen LogP contribution in [0.2, 0.25) is 0 Å². The van der Waals surface area contributed by atoms with E-state index in [0.29, 0.717) is 28.9 Å². The Balaban J connectivity index is 1.84. The summed E-state index contributed by atoms with van der Waals surface area (Å²) in [6.07, 6.45) is 0.941. The molecule has 144 valence electrons. The monoisotopic (exact) mass is 369 g/mol. The van der Waals surface area contributed by atoms with E-state index in [9.17, 15) is 9.90 Å². The highest BCUT2D eigenvalue weighted by Crippen LogP contribution is 2.37. The molecular formula is C22H27NO4. The Kier molecular flexibility index (Phi) is 6.01. The lowest BCUT2D eigenvalue weighted by molar-refractivity contribution is -0.144. The van der Waals surface area contributed by atoms with Crippen LogP contribution in [0.25, 0.3) is 0 Å². The van der Waals surface area contributed by atoms with E-state index in [1.165, 1.54) is 5.56 Å². The maximum Gasteiger partial charge on any atom is 0.325 e. The molecule has 1 N–H and O–H groups in total. The van der Waals surface area contributed by atoms with Crippen LogP contribution >= 0.6 is 0 Å². The summed E-state index contributed by atoms with van der Waals surface area (Å²) in [6.45, 7) is 3.67. The molecule has 0 amide bonds. The van der Waals surface area contributed by atoms with Crippen LogP contribution in [0, 0.1) is 5.92 Å². The number of hydrogen-bond donors (Lipinski definition) is 1. The van der Waals surface area contributed by atoms with Gasteiger partial charge in [-0.05, 0) is 48.1 Å². The van der Waals surface area contributed by atoms with Gasteiger partial charge in [0.05, 0.1) is 14.2 Å². The Bertz CT molecular complexity index is 755. The van der Waals surface area contributed by atoms with E-state index >= 15 is 0 Å². The topological polar surface area (TPSA) is 59.0 Å². The molecule has 1 heterocycles. The smallest absolute Gasteiger partial charge is 0.325 e. The zero-order valence-electron chi connectivity index (χ0n) is 16.1. The lowest BCUT2D eigenvalue weighted by atomic mass is 9.81. The van der Waals surface area contributed by atoms with Crippen molar-refractivity contribution in [2.24, 2.45) is 5.92 Å². The van der Waals surface area contributed by atoms with E-state index < -0.39 is 12.0 Å². The summed E-state index contributed by atoms with van der Waals surface area (Å²) in [5, 5.41) is 9.95. The molecule has 1 aliphatic rings. The van der Waals surface area contributed by atoms with Gasteiger partial charge in [0.15, 0.2) is 0 Å². The Labute approximate surface area is 160 Å². The number of carboxylic acid groups (broad SMARTS) is 1. The quantitative estimate of drug-likeness (QED) is 0.835.